The van der Waals surface area contributed by atoms with Crippen LogP contribution in [0, 0.1) is 5.92 Å². The Kier molecular flexibility index (Phi) is 6.23. The lowest BCUT2D eigenvalue weighted by atomic mass is 9.99. The van der Waals surface area contributed by atoms with Crippen molar-refractivity contribution in [1.82, 2.24) is 10.2 Å². The zero-order valence-electron chi connectivity index (χ0n) is 10.7. The van der Waals surface area contributed by atoms with E-state index in [1.807, 2.05) is 6.92 Å². The second-order valence-corrected chi connectivity index (χ2v) is 4.14. The summed E-state index contributed by atoms with van der Waals surface area (Å²) in [4.78, 5) is 34.6. The van der Waals surface area contributed by atoms with Gasteiger partial charge in [0.1, 0.15) is 6.04 Å². The van der Waals surface area contributed by atoms with Gasteiger partial charge in [-0.1, -0.05) is 20.3 Å². The van der Waals surface area contributed by atoms with E-state index in [1.165, 1.54) is 18.9 Å². The molecule has 0 aliphatic carbocycles. The number of carbonyl (C=O) groups is 3. The van der Waals surface area contributed by atoms with Gasteiger partial charge in [-0.3, -0.25) is 9.59 Å². The first-order valence-electron chi connectivity index (χ1n) is 5.53. The van der Waals surface area contributed by atoms with Crippen molar-refractivity contribution in [3.8, 4) is 0 Å². The highest BCUT2D eigenvalue weighted by Gasteiger charge is 2.25. The highest BCUT2D eigenvalue weighted by molar-refractivity contribution is 5.87. The van der Waals surface area contributed by atoms with E-state index in [0.717, 1.165) is 0 Å². The highest BCUT2D eigenvalue weighted by atomic mass is 16.4. The Bertz CT molecular complexity index is 304. The predicted octanol–water partition coefficient (Wildman–Crippen LogP) is 0.0802. The van der Waals surface area contributed by atoms with Crippen LogP contribution in [0.1, 0.15) is 27.2 Å². The first-order valence-corrected chi connectivity index (χ1v) is 5.53. The summed E-state index contributed by atoms with van der Waals surface area (Å²) in [6.45, 7) is 4.83. The van der Waals surface area contributed by atoms with Gasteiger partial charge in [0, 0.05) is 14.0 Å². The Balaban J connectivity index is 4.42. The Morgan fingerprint density at radius 1 is 1.35 bits per heavy atom. The zero-order chi connectivity index (χ0) is 13.6. The number of nitrogens with one attached hydrogen (secondary N) is 1. The smallest absolute Gasteiger partial charge is 0.326 e. The molecule has 0 saturated carbocycles. The number of nitrogens with zero attached hydrogens (tertiary/aromatic N) is 1. The van der Waals surface area contributed by atoms with Crippen molar-refractivity contribution in [1.29, 1.82) is 0 Å². The number of likely N-dealkylation sites (N-methyl/N-ethyl adjacent to an activating group) is 1. The van der Waals surface area contributed by atoms with Crippen LogP contribution in [0.25, 0.3) is 0 Å². The molecule has 0 aromatic carbocycles. The molecule has 6 heteroatoms. The summed E-state index contributed by atoms with van der Waals surface area (Å²) >= 11 is 0. The maximum atomic E-state index is 11.5. The van der Waals surface area contributed by atoms with Gasteiger partial charge in [-0.15, -0.1) is 0 Å². The van der Waals surface area contributed by atoms with Crippen LogP contribution in [0.3, 0.4) is 0 Å². The molecule has 2 unspecified atom stereocenters. The second-order valence-electron chi connectivity index (χ2n) is 4.14. The van der Waals surface area contributed by atoms with Crippen LogP contribution in [0.2, 0.25) is 0 Å². The molecule has 17 heavy (non-hydrogen) atoms. The van der Waals surface area contributed by atoms with Crippen LogP contribution in [-0.4, -0.2) is 47.4 Å². The average molecular weight is 244 g/mol. The Morgan fingerprint density at radius 2 is 1.88 bits per heavy atom. The van der Waals surface area contributed by atoms with Crippen LogP contribution in [0.15, 0.2) is 0 Å². The quantitative estimate of drug-likeness (QED) is 0.692. The summed E-state index contributed by atoms with van der Waals surface area (Å²) in [5, 5.41) is 11.4. The third-order valence-electron chi connectivity index (χ3n) is 2.71. The van der Waals surface area contributed by atoms with E-state index in [0.29, 0.717) is 6.42 Å². The van der Waals surface area contributed by atoms with Crippen LogP contribution < -0.4 is 5.32 Å². The minimum Gasteiger partial charge on any atom is -0.480 e. The predicted molar refractivity (Wildman–Crippen MR) is 62.3 cm³/mol. The Morgan fingerprint density at radius 3 is 2.24 bits per heavy atom. The first-order chi connectivity index (χ1) is 7.79. The van der Waals surface area contributed by atoms with Crippen molar-refractivity contribution in [2.75, 3.05) is 13.6 Å². The SMILES string of the molecule is CCC(C)C(NC(=O)CN(C)C(C)=O)C(=O)O. The third-order valence-corrected chi connectivity index (χ3v) is 2.71. The minimum atomic E-state index is -1.06. The van der Waals surface area contributed by atoms with Crippen molar-refractivity contribution in [2.45, 2.75) is 33.2 Å². The summed E-state index contributed by atoms with van der Waals surface area (Å²) in [5.74, 6) is -1.91. The standard InChI is InChI=1S/C11H20N2O4/c1-5-7(2)10(11(16)17)12-9(15)6-13(4)8(3)14/h7,10H,5-6H2,1-4H3,(H,12,15)(H,16,17). The molecule has 0 bridgehead atoms. The number of aliphatic carboxylic acids is 1. The maximum Gasteiger partial charge on any atom is 0.326 e. The van der Waals surface area contributed by atoms with Gasteiger partial charge in [-0.25, -0.2) is 4.79 Å². The molecule has 2 atom stereocenters. The summed E-state index contributed by atoms with van der Waals surface area (Å²) in [7, 11) is 1.49. The first kappa shape index (κ1) is 15.4. The summed E-state index contributed by atoms with van der Waals surface area (Å²) < 4.78 is 0. The normalized spacial score (nSPS) is 13.6. The number of carbonyl (C=O) groups excluding carboxylic acids is 2. The summed E-state index contributed by atoms with van der Waals surface area (Å²) in [5.41, 5.74) is 0. The van der Waals surface area contributed by atoms with Gasteiger partial charge in [0.2, 0.25) is 11.8 Å². The van der Waals surface area contributed by atoms with E-state index in [9.17, 15) is 14.4 Å². The molecule has 0 rings (SSSR count). The average Bonchev–Trinajstić information content (AvgIpc) is 2.24. The number of hydrogen-bond acceptors (Lipinski definition) is 3. The van der Waals surface area contributed by atoms with Gasteiger partial charge in [0.25, 0.3) is 0 Å². The maximum absolute atomic E-state index is 11.5. The monoisotopic (exact) mass is 244 g/mol. The lowest BCUT2D eigenvalue weighted by Gasteiger charge is -2.22. The van der Waals surface area contributed by atoms with E-state index in [1.54, 1.807) is 6.92 Å². The highest BCUT2D eigenvalue weighted by Crippen LogP contribution is 2.07. The summed E-state index contributed by atoms with van der Waals surface area (Å²) in [6, 6.07) is -0.909. The molecule has 0 aromatic heterocycles. The van der Waals surface area contributed by atoms with Crippen LogP contribution in [-0.2, 0) is 14.4 Å². The van der Waals surface area contributed by atoms with Crippen molar-refractivity contribution >= 4 is 17.8 Å². The van der Waals surface area contributed by atoms with Gasteiger partial charge < -0.3 is 15.3 Å². The van der Waals surface area contributed by atoms with E-state index in [-0.39, 0.29) is 18.4 Å². The van der Waals surface area contributed by atoms with E-state index in [4.69, 9.17) is 5.11 Å². The molecule has 98 valence electrons. The molecule has 0 saturated heterocycles. The topological polar surface area (TPSA) is 86.7 Å². The molecular weight excluding hydrogens is 224 g/mol. The molecule has 0 fully saturated rings. The molecular formula is C11H20N2O4. The van der Waals surface area contributed by atoms with Crippen molar-refractivity contribution < 1.29 is 19.5 Å². The molecule has 0 aliphatic heterocycles. The fourth-order valence-corrected chi connectivity index (χ4v) is 1.23. The molecule has 0 aliphatic rings. The van der Waals surface area contributed by atoms with Crippen LogP contribution in [0.5, 0.6) is 0 Å². The fraction of sp³-hybridized carbons (Fsp3) is 0.727. The van der Waals surface area contributed by atoms with Gasteiger partial charge in [0.05, 0.1) is 6.54 Å². The number of hydrogen-bond donors (Lipinski definition) is 2. The molecule has 6 nitrogen and oxygen atoms in total. The van der Waals surface area contributed by atoms with Gasteiger partial charge in [0.15, 0.2) is 0 Å². The second kappa shape index (κ2) is 6.88. The molecule has 2 amide bonds. The van der Waals surface area contributed by atoms with Gasteiger partial charge in [-0.05, 0) is 5.92 Å². The molecule has 0 spiro atoms. The lowest BCUT2D eigenvalue weighted by molar-refractivity contribution is -0.143. The largest absolute Gasteiger partial charge is 0.480 e. The van der Waals surface area contributed by atoms with Crippen LogP contribution in [0.4, 0.5) is 0 Å². The third kappa shape index (κ3) is 5.33. The number of rotatable bonds is 6. The minimum absolute atomic E-state index is 0.129. The summed E-state index contributed by atoms with van der Waals surface area (Å²) in [6.07, 6.45) is 0.653. The molecule has 0 heterocycles. The van der Waals surface area contributed by atoms with E-state index < -0.39 is 17.9 Å². The van der Waals surface area contributed by atoms with E-state index in [2.05, 4.69) is 5.32 Å². The lowest BCUT2D eigenvalue weighted by Crippen LogP contribution is -2.48. The molecule has 0 aromatic rings. The number of amides is 2. The van der Waals surface area contributed by atoms with Crippen LogP contribution >= 0.6 is 0 Å². The number of carboxylic acid groups (broad SMARTS) is 1. The molecule has 0 radical (unpaired) electrons. The van der Waals surface area contributed by atoms with Gasteiger partial charge in [-0.2, -0.15) is 0 Å². The zero-order valence-corrected chi connectivity index (χ0v) is 10.7. The Hall–Kier alpha value is -1.59. The Labute approximate surface area is 101 Å². The number of carboxylic acids is 1. The van der Waals surface area contributed by atoms with Crippen molar-refractivity contribution in [2.24, 2.45) is 5.92 Å². The molecule has 2 N–H and O–H groups in total. The van der Waals surface area contributed by atoms with Crippen molar-refractivity contribution in [3.63, 3.8) is 0 Å². The van der Waals surface area contributed by atoms with E-state index >= 15 is 0 Å². The fourth-order valence-electron chi connectivity index (χ4n) is 1.23. The van der Waals surface area contributed by atoms with Gasteiger partial charge >= 0.3 is 5.97 Å². The van der Waals surface area contributed by atoms with Crippen molar-refractivity contribution in [3.05, 3.63) is 0 Å².